The first-order valence-corrected chi connectivity index (χ1v) is 22.6. The maximum absolute atomic E-state index is 5.03. The number of pyridine rings is 3. The van der Waals surface area contributed by atoms with Crippen LogP contribution in [-0.2, 0) is 6.55 Å². The molecule has 7 heterocycles. The fraction of sp³-hybridized carbons (Fsp3) is 0.0556. The van der Waals surface area contributed by atoms with Gasteiger partial charge in [-0.15, -0.1) is 0 Å². The summed E-state index contributed by atoms with van der Waals surface area (Å²) in [6.45, 7) is 6.96. The van der Waals surface area contributed by atoms with Crippen molar-refractivity contribution >= 4 is 42.1 Å². The number of aromatic nitrogens is 5. The molecule has 0 radical (unpaired) electrons. The van der Waals surface area contributed by atoms with Gasteiger partial charge < -0.3 is 9.97 Å². The van der Waals surface area contributed by atoms with Crippen molar-refractivity contribution in [2.24, 2.45) is 6.55 Å². The molecule has 10 aromatic rings. The summed E-state index contributed by atoms with van der Waals surface area (Å²) in [5.41, 5.74) is 20.0. The van der Waals surface area contributed by atoms with Crippen LogP contribution >= 0.6 is 0 Å². The van der Waals surface area contributed by atoms with E-state index < -0.39 is 8.40 Å². The van der Waals surface area contributed by atoms with Gasteiger partial charge in [-0.3, -0.25) is 18.4 Å². The fourth-order valence-electron chi connectivity index (χ4n) is 9.23. The van der Waals surface area contributed by atoms with Gasteiger partial charge in [0.05, 0.1) is 22.4 Å². The van der Waals surface area contributed by atoms with Crippen LogP contribution < -0.4 is 4.67 Å². The van der Waals surface area contributed by atoms with Crippen LogP contribution in [-0.4, -0.2) is 45.2 Å². The Morgan fingerprint density at radius 3 is 2.02 bits per heavy atom. The molecule has 0 atom stereocenters. The molecular formula is C54H40N6Si. The van der Waals surface area contributed by atoms with E-state index in [1.54, 1.807) is 0 Å². The van der Waals surface area contributed by atoms with Gasteiger partial charge in [0, 0.05) is 59.1 Å². The van der Waals surface area contributed by atoms with E-state index in [1.165, 1.54) is 60.2 Å². The van der Waals surface area contributed by atoms with Gasteiger partial charge in [-0.2, -0.15) is 16.9 Å². The van der Waals surface area contributed by atoms with Gasteiger partial charge in [0.1, 0.15) is 0 Å². The minimum atomic E-state index is -1.43. The maximum Gasteiger partial charge on any atom is 0.352 e. The Morgan fingerprint density at radius 2 is 1.28 bits per heavy atom. The van der Waals surface area contributed by atoms with E-state index in [4.69, 9.17) is 15.0 Å². The number of nitrogens with one attached hydrogen (secondary N) is 2. The summed E-state index contributed by atoms with van der Waals surface area (Å²) >= 11 is 0. The van der Waals surface area contributed by atoms with Gasteiger partial charge in [0.15, 0.2) is 5.69 Å². The number of rotatable bonds is 8. The quantitative estimate of drug-likeness (QED) is 0.119. The van der Waals surface area contributed by atoms with Crippen molar-refractivity contribution in [3.63, 3.8) is 0 Å². The van der Waals surface area contributed by atoms with Gasteiger partial charge in [-0.25, -0.2) is 4.98 Å². The van der Waals surface area contributed by atoms with Gasteiger partial charge >= 0.3 is 5.71 Å². The first kappa shape index (κ1) is 36.4. The Morgan fingerprint density at radius 1 is 0.557 bits per heavy atom. The first-order valence-electron chi connectivity index (χ1n) is 20.6. The Hall–Kier alpha value is -7.70. The molecule has 7 heteroatoms. The lowest BCUT2D eigenvalue weighted by Gasteiger charge is -2.20. The summed E-state index contributed by atoms with van der Waals surface area (Å²) in [5.74, 6) is 0. The van der Waals surface area contributed by atoms with E-state index in [9.17, 15) is 0 Å². The molecule has 0 fully saturated rings. The van der Waals surface area contributed by atoms with E-state index >= 15 is 0 Å². The highest BCUT2D eigenvalue weighted by Crippen LogP contribution is 2.50. The zero-order valence-electron chi connectivity index (χ0n) is 34.0. The second-order valence-electron chi connectivity index (χ2n) is 15.8. The van der Waals surface area contributed by atoms with Crippen LogP contribution in [0, 0.1) is 13.8 Å². The maximum atomic E-state index is 5.03. The van der Waals surface area contributed by atoms with Gasteiger partial charge in [-0.05, 0) is 112 Å². The zero-order chi connectivity index (χ0) is 41.0. The average molecular weight is 801 g/mol. The topological polar surface area (TPSA) is 84.4 Å². The van der Waals surface area contributed by atoms with Crippen LogP contribution in [0.2, 0.25) is 0 Å². The molecule has 11 rings (SSSR count). The molecule has 2 N–H and O–H groups in total. The van der Waals surface area contributed by atoms with Crippen LogP contribution in [0.15, 0.2) is 170 Å². The van der Waals surface area contributed by atoms with Crippen LogP contribution in [0.4, 0.5) is 0 Å². The molecular weight excluding hydrogens is 761 g/mol. The second-order valence-corrected chi connectivity index (χ2v) is 18.0. The highest BCUT2D eigenvalue weighted by atomic mass is 28.2. The largest absolute Gasteiger partial charge is 0.361 e. The number of aromatic amines is 2. The second kappa shape index (κ2) is 14.8. The van der Waals surface area contributed by atoms with E-state index in [2.05, 4.69) is 156 Å². The third-order valence-electron chi connectivity index (χ3n) is 12.1. The van der Waals surface area contributed by atoms with Gasteiger partial charge in [-0.1, -0.05) is 95.7 Å². The minimum Gasteiger partial charge on any atom is -0.361 e. The summed E-state index contributed by atoms with van der Waals surface area (Å²) in [6, 6.07) is 48.0. The molecule has 6 aromatic heterocycles. The molecule has 290 valence electrons. The Bertz CT molecular complexity index is 3420. The molecule has 0 unspecified atom stereocenters. The highest BCUT2D eigenvalue weighted by Gasteiger charge is 2.23. The molecule has 0 saturated carbocycles. The third kappa shape index (κ3) is 6.27. The van der Waals surface area contributed by atoms with Crippen LogP contribution in [0.3, 0.4) is 0 Å². The average Bonchev–Trinajstić information content (AvgIpc) is 4.14. The van der Waals surface area contributed by atoms with Gasteiger partial charge in [0.25, 0.3) is 6.21 Å². The number of allylic oxidation sites excluding steroid dienone is 2. The normalized spacial score (nSPS) is 12.2. The fourth-order valence-corrected chi connectivity index (χ4v) is 11.9. The SMILES string of the molecule is Cc1cc(-c2cccc3cc[nH]c23)ccc1-c1c(-c2ccc(-c3cccc4cccnc34)cc2C)c(-c2ccc(-c3ccccn3)[nH]2)[si-](C)c1-c1ccc(C2=[N+]=CC=C2)nc1. The van der Waals surface area contributed by atoms with Crippen molar-refractivity contribution < 1.29 is 0 Å². The zero-order valence-corrected chi connectivity index (χ0v) is 35.0. The minimum absolute atomic E-state index is 0.866. The number of benzene rings is 4. The summed E-state index contributed by atoms with van der Waals surface area (Å²) in [4.78, 5) is 21.9. The molecule has 4 aromatic carbocycles. The lowest BCUT2D eigenvalue weighted by atomic mass is 9.86. The highest BCUT2D eigenvalue weighted by molar-refractivity contribution is 6.69. The number of aryl methyl sites for hydroxylation is 2. The van der Waals surface area contributed by atoms with Crippen molar-refractivity contribution in [1.29, 1.82) is 0 Å². The molecule has 1 aliphatic rings. The predicted molar refractivity (Wildman–Crippen MR) is 255 cm³/mol. The van der Waals surface area contributed by atoms with Crippen LogP contribution in [0.1, 0.15) is 16.8 Å². The van der Waals surface area contributed by atoms with Crippen molar-refractivity contribution in [3.8, 4) is 77.5 Å². The molecule has 6 nitrogen and oxygen atoms in total. The molecule has 0 saturated heterocycles. The summed E-state index contributed by atoms with van der Waals surface area (Å²) < 4.78 is 4.55. The van der Waals surface area contributed by atoms with E-state index in [0.717, 1.165) is 61.6 Å². The number of nitrogens with zero attached hydrogens (tertiary/aromatic N) is 4. The monoisotopic (exact) mass is 800 g/mol. The summed E-state index contributed by atoms with van der Waals surface area (Å²) in [6.07, 6.45) is 13.6. The molecule has 0 spiro atoms. The Balaban J connectivity index is 1.18. The van der Waals surface area contributed by atoms with Crippen molar-refractivity contribution in [2.75, 3.05) is 0 Å². The summed E-state index contributed by atoms with van der Waals surface area (Å²) in [7, 11) is -1.43. The van der Waals surface area contributed by atoms with Crippen molar-refractivity contribution in [3.05, 3.63) is 187 Å². The molecule has 0 bridgehead atoms. The number of fused-ring (bicyclic) bond motifs is 2. The Kier molecular flexibility index (Phi) is 8.85. The van der Waals surface area contributed by atoms with Crippen molar-refractivity contribution in [2.45, 2.75) is 13.8 Å². The molecule has 0 amide bonds. The summed E-state index contributed by atoms with van der Waals surface area (Å²) in [5, 5.41) is 5.00. The van der Waals surface area contributed by atoms with Crippen LogP contribution in [0.25, 0.3) is 99.3 Å². The van der Waals surface area contributed by atoms with E-state index in [0.29, 0.717) is 0 Å². The molecule has 61 heavy (non-hydrogen) atoms. The standard InChI is InChI=1S/C54H39N6Si/c1-33-30-38(43-14-7-11-36-25-29-58-52(36)43)17-20-40(33)49-50(41-21-18-37(31-34(41)2)42-13-6-10-35-12-8-28-57-51(35)42)54(48-24-23-47(60-48)45-15-4-5-26-55-45)61(3)53(49)39-19-22-46(59-32-39)44-16-9-27-56-44/h4-32H,1-3H3,(H,55,58,60)/q-1/p+1. The lowest BCUT2D eigenvalue weighted by molar-refractivity contribution is 1.28. The van der Waals surface area contributed by atoms with E-state index in [-0.39, 0.29) is 0 Å². The number of hydrogen-bond acceptors (Lipinski definition) is 3. The smallest absolute Gasteiger partial charge is 0.352 e. The van der Waals surface area contributed by atoms with E-state index in [1.807, 2.05) is 55.2 Å². The van der Waals surface area contributed by atoms with Crippen molar-refractivity contribution in [1.82, 2.24) is 29.6 Å². The number of H-pyrrole nitrogens is 2. The Labute approximate surface area is 355 Å². The molecule has 1 aliphatic heterocycles. The predicted octanol–water partition coefficient (Wildman–Crippen LogP) is 11.9. The number of para-hydroxylation sites is 2. The van der Waals surface area contributed by atoms with Gasteiger partial charge in [0.2, 0.25) is 0 Å². The van der Waals surface area contributed by atoms with Crippen LogP contribution in [0.5, 0.6) is 0 Å². The first-order chi connectivity index (χ1) is 30.0. The third-order valence-corrected chi connectivity index (χ3v) is 14.7. The number of hydrogen-bond donors (Lipinski definition) is 2. The molecule has 0 aliphatic carbocycles. The lowest BCUT2D eigenvalue weighted by Crippen LogP contribution is -2.03.